The number of Topliss-reactive ketones (excluding diaryl/α,β-unsaturated/α-hetero) is 1. The maximum Gasteiger partial charge on any atom is 0.401 e. The third kappa shape index (κ3) is 4.84. The molecule has 1 aromatic rings. The summed E-state index contributed by atoms with van der Waals surface area (Å²) >= 11 is 0. The van der Waals surface area contributed by atoms with E-state index in [0.29, 0.717) is 5.56 Å². The van der Waals surface area contributed by atoms with Gasteiger partial charge in [-0.1, -0.05) is 17.7 Å². The van der Waals surface area contributed by atoms with Crippen LogP contribution in [0.1, 0.15) is 42.3 Å². The molecule has 0 radical (unpaired) electrons. The number of carbonyl (C=O) groups excluding carboxylic acids is 1. The highest BCUT2D eigenvalue weighted by atomic mass is 19.4. The van der Waals surface area contributed by atoms with Crippen LogP contribution in [0.4, 0.5) is 13.2 Å². The van der Waals surface area contributed by atoms with Gasteiger partial charge < -0.3 is 0 Å². The number of nitrogens with zero attached hydrogens (tertiary/aromatic N) is 1. The molecule has 118 valence electrons. The minimum atomic E-state index is -4.32. The Bertz CT molecular complexity index is 509. The van der Waals surface area contributed by atoms with Gasteiger partial charge in [0.1, 0.15) is 0 Å². The highest BCUT2D eigenvalue weighted by Gasteiger charge is 2.36. The molecule has 21 heavy (non-hydrogen) atoms. The quantitative estimate of drug-likeness (QED) is 0.762. The SMILES string of the molecule is Cc1ccc(C)c(C(=O)C(C)N(CC(F)(F)F)C(C)C)c1. The summed E-state index contributed by atoms with van der Waals surface area (Å²) in [6.45, 7) is 7.44. The van der Waals surface area contributed by atoms with Crippen LogP contribution in [-0.4, -0.2) is 35.5 Å². The number of alkyl halides is 3. The zero-order chi connectivity index (χ0) is 16.4. The highest BCUT2D eigenvalue weighted by Crippen LogP contribution is 2.22. The molecule has 0 bridgehead atoms. The van der Waals surface area contributed by atoms with Gasteiger partial charge in [-0.3, -0.25) is 9.69 Å². The Morgan fingerprint density at radius 1 is 1.19 bits per heavy atom. The predicted molar refractivity (Wildman–Crippen MR) is 77.6 cm³/mol. The first-order chi connectivity index (χ1) is 9.53. The molecule has 1 rings (SSSR count). The summed E-state index contributed by atoms with van der Waals surface area (Å²) < 4.78 is 38.0. The Labute approximate surface area is 123 Å². The second-order valence-corrected chi connectivity index (χ2v) is 5.74. The van der Waals surface area contributed by atoms with Crippen LogP contribution in [0.2, 0.25) is 0 Å². The molecule has 2 nitrogen and oxygen atoms in total. The van der Waals surface area contributed by atoms with Crippen molar-refractivity contribution in [3.05, 3.63) is 34.9 Å². The number of halogens is 3. The van der Waals surface area contributed by atoms with Crippen LogP contribution in [0, 0.1) is 13.8 Å². The van der Waals surface area contributed by atoms with E-state index in [1.54, 1.807) is 26.8 Å². The van der Waals surface area contributed by atoms with Gasteiger partial charge in [-0.05, 0) is 46.2 Å². The topological polar surface area (TPSA) is 20.3 Å². The van der Waals surface area contributed by atoms with Crippen LogP contribution in [0.5, 0.6) is 0 Å². The van der Waals surface area contributed by atoms with Crippen LogP contribution >= 0.6 is 0 Å². The second-order valence-electron chi connectivity index (χ2n) is 5.74. The zero-order valence-electron chi connectivity index (χ0n) is 13.1. The van der Waals surface area contributed by atoms with Gasteiger partial charge in [0, 0.05) is 11.6 Å². The highest BCUT2D eigenvalue weighted by molar-refractivity contribution is 6.01. The second kappa shape index (κ2) is 6.60. The average molecular weight is 301 g/mol. The lowest BCUT2D eigenvalue weighted by molar-refractivity contribution is -0.152. The maximum absolute atomic E-state index is 12.7. The Hall–Kier alpha value is -1.36. The first kappa shape index (κ1) is 17.7. The fourth-order valence-corrected chi connectivity index (χ4v) is 2.35. The molecule has 0 saturated carbocycles. The van der Waals surface area contributed by atoms with Crippen LogP contribution in [0.15, 0.2) is 18.2 Å². The molecular weight excluding hydrogens is 279 g/mol. The van der Waals surface area contributed by atoms with Gasteiger partial charge in [-0.15, -0.1) is 0 Å². The first-order valence-electron chi connectivity index (χ1n) is 6.97. The number of carbonyl (C=O) groups is 1. The van der Waals surface area contributed by atoms with Crippen LogP contribution in [-0.2, 0) is 0 Å². The number of hydrogen-bond acceptors (Lipinski definition) is 2. The molecule has 0 N–H and O–H groups in total. The van der Waals surface area contributed by atoms with Gasteiger partial charge in [0.15, 0.2) is 5.78 Å². The number of ketones is 1. The van der Waals surface area contributed by atoms with E-state index in [2.05, 4.69) is 0 Å². The fourth-order valence-electron chi connectivity index (χ4n) is 2.35. The van der Waals surface area contributed by atoms with Crippen molar-refractivity contribution in [2.24, 2.45) is 0 Å². The van der Waals surface area contributed by atoms with Crippen molar-refractivity contribution in [3.63, 3.8) is 0 Å². The van der Waals surface area contributed by atoms with E-state index in [1.165, 1.54) is 11.8 Å². The molecule has 0 amide bonds. The van der Waals surface area contributed by atoms with E-state index in [-0.39, 0.29) is 11.8 Å². The number of benzene rings is 1. The van der Waals surface area contributed by atoms with Crippen molar-refractivity contribution in [1.82, 2.24) is 4.90 Å². The summed E-state index contributed by atoms with van der Waals surface area (Å²) in [6, 6.07) is 4.26. The third-order valence-corrected chi connectivity index (χ3v) is 3.56. The molecule has 0 aromatic heterocycles. The zero-order valence-corrected chi connectivity index (χ0v) is 13.1. The van der Waals surface area contributed by atoms with Crippen molar-refractivity contribution in [1.29, 1.82) is 0 Å². The molecule has 1 aromatic carbocycles. The molecule has 5 heteroatoms. The summed E-state index contributed by atoms with van der Waals surface area (Å²) in [5, 5.41) is 0. The molecular formula is C16H22F3NO. The van der Waals surface area contributed by atoms with Crippen LogP contribution in [0.25, 0.3) is 0 Å². The van der Waals surface area contributed by atoms with Gasteiger partial charge in [-0.25, -0.2) is 0 Å². The van der Waals surface area contributed by atoms with Gasteiger partial charge in [0.2, 0.25) is 0 Å². The van der Waals surface area contributed by atoms with Crippen LogP contribution < -0.4 is 0 Å². The average Bonchev–Trinajstić information content (AvgIpc) is 2.36. The lowest BCUT2D eigenvalue weighted by atomic mass is 9.97. The minimum Gasteiger partial charge on any atom is -0.292 e. The summed E-state index contributed by atoms with van der Waals surface area (Å²) in [4.78, 5) is 13.7. The van der Waals surface area contributed by atoms with Crippen molar-refractivity contribution in [2.45, 2.75) is 52.9 Å². The van der Waals surface area contributed by atoms with E-state index in [9.17, 15) is 18.0 Å². The predicted octanol–water partition coefficient (Wildman–Crippen LogP) is 4.15. The summed E-state index contributed by atoms with van der Waals surface area (Å²) in [5.41, 5.74) is 2.20. The molecule has 1 unspecified atom stereocenters. The fraction of sp³-hybridized carbons (Fsp3) is 0.562. The Balaban J connectivity index is 3.05. The number of rotatable bonds is 5. The largest absolute Gasteiger partial charge is 0.401 e. The van der Waals surface area contributed by atoms with Gasteiger partial charge in [-0.2, -0.15) is 13.2 Å². The first-order valence-corrected chi connectivity index (χ1v) is 6.97. The molecule has 1 atom stereocenters. The van der Waals surface area contributed by atoms with E-state index >= 15 is 0 Å². The Morgan fingerprint density at radius 3 is 2.24 bits per heavy atom. The van der Waals surface area contributed by atoms with Gasteiger partial charge in [0.25, 0.3) is 0 Å². The molecule has 0 spiro atoms. The van der Waals surface area contributed by atoms with Crippen molar-refractivity contribution in [3.8, 4) is 0 Å². The monoisotopic (exact) mass is 301 g/mol. The molecule has 0 heterocycles. The van der Waals surface area contributed by atoms with Crippen molar-refractivity contribution in [2.75, 3.05) is 6.54 Å². The summed E-state index contributed by atoms with van der Waals surface area (Å²) in [7, 11) is 0. The third-order valence-electron chi connectivity index (χ3n) is 3.56. The van der Waals surface area contributed by atoms with E-state index < -0.39 is 18.8 Å². The van der Waals surface area contributed by atoms with Crippen molar-refractivity contribution >= 4 is 5.78 Å². The Kier molecular flexibility index (Phi) is 5.56. The number of aryl methyl sites for hydroxylation is 2. The Morgan fingerprint density at radius 2 is 1.76 bits per heavy atom. The normalized spacial score (nSPS) is 13.8. The van der Waals surface area contributed by atoms with E-state index in [0.717, 1.165) is 11.1 Å². The molecule has 0 aliphatic heterocycles. The van der Waals surface area contributed by atoms with Gasteiger partial charge >= 0.3 is 6.18 Å². The summed E-state index contributed by atoms with van der Waals surface area (Å²) in [6.07, 6.45) is -4.32. The van der Waals surface area contributed by atoms with Gasteiger partial charge in [0.05, 0.1) is 12.6 Å². The molecule has 0 fully saturated rings. The van der Waals surface area contributed by atoms with Crippen molar-refractivity contribution < 1.29 is 18.0 Å². The van der Waals surface area contributed by atoms with E-state index in [1.807, 2.05) is 19.1 Å². The smallest absolute Gasteiger partial charge is 0.292 e. The standard InChI is InChI=1S/C16H22F3NO/c1-10(2)20(9-16(17,18)19)13(5)15(21)14-8-11(3)6-7-12(14)4/h6-8,10,13H,9H2,1-5H3. The summed E-state index contributed by atoms with van der Waals surface area (Å²) in [5.74, 6) is -0.269. The lowest BCUT2D eigenvalue weighted by Gasteiger charge is -2.32. The van der Waals surface area contributed by atoms with E-state index in [4.69, 9.17) is 0 Å². The maximum atomic E-state index is 12.7. The molecule has 0 aliphatic carbocycles. The lowest BCUT2D eigenvalue weighted by Crippen LogP contribution is -2.48. The minimum absolute atomic E-state index is 0.269. The number of hydrogen-bond donors (Lipinski definition) is 0. The molecule has 0 saturated heterocycles. The molecule has 0 aliphatic rings. The van der Waals surface area contributed by atoms with Crippen LogP contribution in [0.3, 0.4) is 0 Å².